The number of ether oxygens (including phenoxy) is 2. The second-order valence-electron chi connectivity index (χ2n) is 9.04. The minimum atomic E-state index is -2.70. The highest BCUT2D eigenvalue weighted by Crippen LogP contribution is 2.47. The predicted molar refractivity (Wildman–Crippen MR) is 138 cm³/mol. The second-order valence-corrected chi connectivity index (χ2v) is 9.04. The zero-order valence-electron chi connectivity index (χ0n) is 21.0. The Hall–Kier alpha value is -3.86. The van der Waals surface area contributed by atoms with Crippen LogP contribution in [0.3, 0.4) is 0 Å². The Morgan fingerprint density at radius 1 is 1.19 bits per heavy atom. The molecule has 4 rings (SSSR count). The lowest BCUT2D eigenvalue weighted by Crippen LogP contribution is -2.59. The Kier molecular flexibility index (Phi) is 7.26. The van der Waals surface area contributed by atoms with E-state index in [1.54, 1.807) is 38.4 Å². The summed E-state index contributed by atoms with van der Waals surface area (Å²) in [6.45, 7) is 7.35. The highest BCUT2D eigenvalue weighted by atomic mass is 16.7. The van der Waals surface area contributed by atoms with Gasteiger partial charge in [-0.1, -0.05) is 12.6 Å². The van der Waals surface area contributed by atoms with E-state index in [-0.39, 0.29) is 11.6 Å². The van der Waals surface area contributed by atoms with Crippen LogP contribution >= 0.6 is 0 Å². The van der Waals surface area contributed by atoms with Gasteiger partial charge in [-0.25, -0.2) is 15.0 Å². The molecule has 1 saturated carbocycles. The average Bonchev–Trinajstić information content (AvgIpc) is 3.74. The molecule has 0 amide bonds. The summed E-state index contributed by atoms with van der Waals surface area (Å²) in [6.07, 6.45) is 5.08. The van der Waals surface area contributed by atoms with Crippen molar-refractivity contribution in [3.63, 3.8) is 0 Å². The summed E-state index contributed by atoms with van der Waals surface area (Å²) in [4.78, 5) is 13.2. The van der Waals surface area contributed by atoms with E-state index < -0.39 is 17.5 Å². The molecule has 0 aromatic carbocycles. The number of hydrogen-bond donors (Lipinski definition) is 5. The largest absolute Gasteiger partial charge is 0.481 e. The van der Waals surface area contributed by atoms with Gasteiger partial charge in [0.15, 0.2) is 0 Å². The Labute approximate surface area is 215 Å². The van der Waals surface area contributed by atoms with Gasteiger partial charge in [-0.3, -0.25) is 0 Å². The number of nitrogens with zero attached hydrogens (tertiary/aromatic N) is 3. The summed E-state index contributed by atoms with van der Waals surface area (Å²) in [5, 5.41) is 43.8. The molecule has 0 bridgehead atoms. The number of aliphatic hydroxyl groups is 3. The molecule has 10 heteroatoms. The SMILES string of the molecule is C=CC(O)(O)C(O)(Oc1ncccc1-c1cc(NCc2cccnc2OC)c(C)c(C(C)=N)n1)C1CC1. The lowest BCUT2D eigenvalue weighted by molar-refractivity contribution is -0.329. The number of anilines is 1. The summed E-state index contributed by atoms with van der Waals surface area (Å²) in [7, 11) is 1.56. The molecule has 0 radical (unpaired) electrons. The van der Waals surface area contributed by atoms with Crippen LogP contribution in [0.2, 0.25) is 0 Å². The highest BCUT2D eigenvalue weighted by Gasteiger charge is 2.59. The molecule has 3 aromatic heterocycles. The van der Waals surface area contributed by atoms with Gasteiger partial charge >= 0.3 is 0 Å². The van der Waals surface area contributed by atoms with Gasteiger partial charge in [0, 0.05) is 36.1 Å². The van der Waals surface area contributed by atoms with Crippen molar-refractivity contribution in [2.45, 2.75) is 44.8 Å². The first-order valence-electron chi connectivity index (χ1n) is 11.8. The Morgan fingerprint density at radius 2 is 1.86 bits per heavy atom. The number of methoxy groups -OCH3 is 1. The Balaban J connectivity index is 1.75. The second kappa shape index (κ2) is 10.3. The van der Waals surface area contributed by atoms with Gasteiger partial charge in [0.25, 0.3) is 11.6 Å². The van der Waals surface area contributed by atoms with Crippen molar-refractivity contribution in [2.75, 3.05) is 12.4 Å². The zero-order valence-corrected chi connectivity index (χ0v) is 21.0. The minimum absolute atomic E-state index is 0.0314. The number of pyridine rings is 3. The molecule has 1 unspecified atom stereocenters. The fourth-order valence-electron chi connectivity index (χ4n) is 4.12. The van der Waals surface area contributed by atoms with Crippen LogP contribution in [0.4, 0.5) is 5.69 Å². The van der Waals surface area contributed by atoms with E-state index >= 15 is 0 Å². The maximum absolute atomic E-state index is 11.2. The van der Waals surface area contributed by atoms with Gasteiger partial charge in [0.2, 0.25) is 11.8 Å². The molecular formula is C27H31N5O5. The third-order valence-electron chi connectivity index (χ3n) is 6.38. The van der Waals surface area contributed by atoms with E-state index in [4.69, 9.17) is 14.9 Å². The molecule has 1 atom stereocenters. The van der Waals surface area contributed by atoms with Gasteiger partial charge in [0.05, 0.1) is 29.8 Å². The van der Waals surface area contributed by atoms with E-state index in [2.05, 4.69) is 26.8 Å². The van der Waals surface area contributed by atoms with Crippen LogP contribution in [-0.4, -0.2) is 54.7 Å². The lowest BCUT2D eigenvalue weighted by Gasteiger charge is -2.37. The molecule has 37 heavy (non-hydrogen) atoms. The summed E-state index contributed by atoms with van der Waals surface area (Å²) >= 11 is 0. The van der Waals surface area contributed by atoms with Crippen molar-refractivity contribution >= 4 is 11.4 Å². The summed E-state index contributed by atoms with van der Waals surface area (Å²) < 4.78 is 11.2. The van der Waals surface area contributed by atoms with Crippen LogP contribution < -0.4 is 14.8 Å². The first-order chi connectivity index (χ1) is 17.6. The molecule has 0 aliphatic heterocycles. The maximum Gasteiger partial charge on any atom is 0.270 e. The predicted octanol–water partition coefficient (Wildman–Crippen LogP) is 3.20. The van der Waals surface area contributed by atoms with E-state index in [1.165, 1.54) is 6.20 Å². The molecule has 194 valence electrons. The van der Waals surface area contributed by atoms with Gasteiger partial charge in [-0.2, -0.15) is 0 Å². The molecule has 10 nitrogen and oxygen atoms in total. The Bertz CT molecular complexity index is 1320. The Morgan fingerprint density at radius 3 is 2.49 bits per heavy atom. The van der Waals surface area contributed by atoms with Crippen molar-refractivity contribution in [3.8, 4) is 23.0 Å². The third-order valence-corrected chi connectivity index (χ3v) is 6.38. The maximum atomic E-state index is 11.2. The molecule has 1 aliphatic rings. The zero-order chi connectivity index (χ0) is 26.8. The van der Waals surface area contributed by atoms with Gasteiger partial charge in [0.1, 0.15) is 0 Å². The van der Waals surface area contributed by atoms with Crippen molar-refractivity contribution in [3.05, 3.63) is 72.2 Å². The molecule has 1 fully saturated rings. The van der Waals surface area contributed by atoms with Gasteiger partial charge in [-0.15, -0.1) is 0 Å². The average molecular weight is 506 g/mol. The fourth-order valence-corrected chi connectivity index (χ4v) is 4.12. The molecule has 3 heterocycles. The van der Waals surface area contributed by atoms with Crippen LogP contribution in [0.25, 0.3) is 11.3 Å². The molecule has 5 N–H and O–H groups in total. The van der Waals surface area contributed by atoms with Gasteiger partial charge in [-0.05, 0) is 62.6 Å². The van der Waals surface area contributed by atoms with Crippen LogP contribution in [0, 0.1) is 18.3 Å². The van der Waals surface area contributed by atoms with Crippen LogP contribution in [0.1, 0.15) is 36.6 Å². The fraction of sp³-hybridized carbons (Fsp3) is 0.333. The summed E-state index contributed by atoms with van der Waals surface area (Å²) in [5.74, 6) is -5.08. The van der Waals surface area contributed by atoms with E-state index in [0.29, 0.717) is 42.2 Å². The smallest absolute Gasteiger partial charge is 0.270 e. The van der Waals surface area contributed by atoms with Crippen molar-refractivity contribution in [1.82, 2.24) is 15.0 Å². The van der Waals surface area contributed by atoms with E-state index in [1.807, 2.05) is 19.1 Å². The summed E-state index contributed by atoms with van der Waals surface area (Å²) in [6, 6.07) is 8.91. The number of rotatable bonds is 11. The first kappa shape index (κ1) is 26.2. The number of hydrogen-bond acceptors (Lipinski definition) is 10. The van der Waals surface area contributed by atoms with E-state index in [0.717, 1.165) is 22.9 Å². The molecular weight excluding hydrogens is 474 g/mol. The molecule has 3 aromatic rings. The molecule has 0 spiro atoms. The number of aromatic nitrogens is 3. The van der Waals surface area contributed by atoms with Crippen LogP contribution in [0.15, 0.2) is 55.4 Å². The topological polar surface area (TPSA) is 154 Å². The third kappa shape index (κ3) is 5.17. The van der Waals surface area contributed by atoms with Crippen molar-refractivity contribution in [1.29, 1.82) is 5.41 Å². The van der Waals surface area contributed by atoms with Gasteiger partial charge < -0.3 is 35.5 Å². The minimum Gasteiger partial charge on any atom is -0.481 e. The molecule has 0 saturated heterocycles. The normalized spacial score (nSPS) is 15.0. The summed E-state index contributed by atoms with van der Waals surface area (Å²) in [5.41, 5.74) is 3.90. The van der Waals surface area contributed by atoms with E-state index in [9.17, 15) is 15.3 Å². The molecule has 1 aliphatic carbocycles. The quantitative estimate of drug-likeness (QED) is 0.150. The monoisotopic (exact) mass is 505 g/mol. The standard InChI is InChI=1S/C27H31N5O5/c1-5-26(33,34)27(35,19-10-11-19)37-25-20(9-7-13-30-25)22-14-21(16(2)23(32-22)17(3)28)31-15-18-8-6-12-29-24(18)36-4/h5-9,12-14,19,28,33-35H,1,10-11,15H2,2-4H3,(H,31,32). The highest BCUT2D eigenvalue weighted by molar-refractivity contribution is 5.97. The van der Waals surface area contributed by atoms with Crippen molar-refractivity contribution < 1.29 is 24.8 Å². The lowest BCUT2D eigenvalue weighted by atomic mass is 10.00. The van der Waals surface area contributed by atoms with Crippen LogP contribution in [0.5, 0.6) is 11.8 Å². The number of nitrogens with one attached hydrogen (secondary N) is 2. The first-order valence-corrected chi connectivity index (χ1v) is 11.8. The van der Waals surface area contributed by atoms with Crippen molar-refractivity contribution in [2.24, 2.45) is 5.92 Å². The van der Waals surface area contributed by atoms with Crippen LogP contribution in [-0.2, 0) is 6.54 Å².